The zero-order valence-corrected chi connectivity index (χ0v) is 13.1. The summed E-state index contributed by atoms with van der Waals surface area (Å²) in [6.07, 6.45) is 0. The van der Waals surface area contributed by atoms with Crippen molar-refractivity contribution in [2.45, 2.75) is 30.4 Å². The fourth-order valence-corrected chi connectivity index (χ4v) is 2.93. The van der Waals surface area contributed by atoms with Crippen LogP contribution in [0.2, 0.25) is 0 Å². The summed E-state index contributed by atoms with van der Waals surface area (Å²) in [5.74, 6) is -2.46. The smallest absolute Gasteiger partial charge is 0.288 e. The molecule has 0 aliphatic heterocycles. The minimum Gasteiger partial charge on any atom is -0.298 e. The van der Waals surface area contributed by atoms with Crippen molar-refractivity contribution < 1.29 is 13.6 Å². The molecule has 3 nitrogen and oxygen atoms in total. The third-order valence-corrected chi connectivity index (χ3v) is 4.17. The highest BCUT2D eigenvalue weighted by atomic mass is 32.2. The first-order valence-corrected chi connectivity index (χ1v) is 8.03. The number of thiazole rings is 1. The molecule has 1 N–H and O–H groups in total. The Balaban J connectivity index is 2.02. The summed E-state index contributed by atoms with van der Waals surface area (Å²) in [6, 6.07) is 6.06. The van der Waals surface area contributed by atoms with Gasteiger partial charge < -0.3 is 0 Å². The van der Waals surface area contributed by atoms with Gasteiger partial charge in [-0.05, 0) is 30.2 Å². The minimum atomic E-state index is -2.46. The molecule has 0 unspecified atom stereocenters. The summed E-state index contributed by atoms with van der Waals surface area (Å²) in [4.78, 5) is 16.8. The standard InChI is InChI=1S/C14H14F2N2OS2/c1-8(2)11-7-20-14(17-11)18-12(19)9-3-5-10(6-4-9)21-13(15)16/h3-8,13H,1-2H3,(H,17,18,19). The Kier molecular flexibility index (Phi) is 5.30. The van der Waals surface area contributed by atoms with Crippen molar-refractivity contribution in [3.05, 3.63) is 40.9 Å². The molecule has 2 rings (SSSR count). The number of hydrogen-bond acceptors (Lipinski definition) is 4. The van der Waals surface area contributed by atoms with Crippen LogP contribution in [0, 0.1) is 0 Å². The van der Waals surface area contributed by atoms with Gasteiger partial charge in [0.2, 0.25) is 0 Å². The molecule has 2 aromatic rings. The van der Waals surface area contributed by atoms with Crippen LogP contribution in [0.25, 0.3) is 0 Å². The second-order valence-corrected chi connectivity index (χ2v) is 6.51. The summed E-state index contributed by atoms with van der Waals surface area (Å²) in [7, 11) is 0. The SMILES string of the molecule is CC(C)c1csc(NC(=O)c2ccc(SC(F)F)cc2)n1. The second kappa shape index (κ2) is 7.00. The zero-order chi connectivity index (χ0) is 15.4. The van der Waals surface area contributed by atoms with Gasteiger partial charge in [0, 0.05) is 15.8 Å². The van der Waals surface area contributed by atoms with Gasteiger partial charge >= 0.3 is 0 Å². The van der Waals surface area contributed by atoms with Crippen LogP contribution in [0.1, 0.15) is 35.8 Å². The lowest BCUT2D eigenvalue weighted by molar-refractivity contribution is 0.102. The van der Waals surface area contributed by atoms with Crippen LogP contribution >= 0.6 is 23.1 Å². The van der Waals surface area contributed by atoms with Gasteiger partial charge in [0.15, 0.2) is 5.13 Å². The average molecular weight is 328 g/mol. The van der Waals surface area contributed by atoms with Gasteiger partial charge in [-0.3, -0.25) is 10.1 Å². The van der Waals surface area contributed by atoms with Crippen molar-refractivity contribution in [2.75, 3.05) is 5.32 Å². The molecule has 0 fully saturated rings. The van der Waals surface area contributed by atoms with E-state index in [1.165, 1.54) is 35.6 Å². The molecule has 0 radical (unpaired) electrons. The fraction of sp³-hybridized carbons (Fsp3) is 0.286. The number of carbonyl (C=O) groups excluding carboxylic acids is 1. The Bertz CT molecular complexity index is 612. The van der Waals surface area contributed by atoms with Crippen LogP contribution in [0.3, 0.4) is 0 Å². The molecule has 1 aromatic heterocycles. The van der Waals surface area contributed by atoms with E-state index in [0.29, 0.717) is 33.3 Å². The Morgan fingerprint density at radius 1 is 1.29 bits per heavy atom. The van der Waals surface area contributed by atoms with Crippen LogP contribution in [0.5, 0.6) is 0 Å². The highest BCUT2D eigenvalue weighted by molar-refractivity contribution is 7.99. The van der Waals surface area contributed by atoms with Gasteiger partial charge in [-0.2, -0.15) is 8.78 Å². The van der Waals surface area contributed by atoms with Gasteiger partial charge in [-0.25, -0.2) is 4.98 Å². The van der Waals surface area contributed by atoms with Crippen molar-refractivity contribution >= 4 is 34.1 Å². The lowest BCUT2D eigenvalue weighted by atomic mass is 10.2. The summed E-state index contributed by atoms with van der Waals surface area (Å²) in [5, 5.41) is 5.15. The van der Waals surface area contributed by atoms with Gasteiger partial charge in [0.1, 0.15) is 0 Å². The molecule has 1 aromatic carbocycles. The molecule has 21 heavy (non-hydrogen) atoms. The number of aromatic nitrogens is 1. The molecule has 0 saturated carbocycles. The molecule has 0 atom stereocenters. The first-order chi connectivity index (χ1) is 9.95. The first-order valence-electron chi connectivity index (χ1n) is 6.27. The largest absolute Gasteiger partial charge is 0.298 e. The Labute approximate surface area is 129 Å². The van der Waals surface area contributed by atoms with E-state index in [-0.39, 0.29) is 5.91 Å². The Morgan fingerprint density at radius 3 is 2.48 bits per heavy atom. The van der Waals surface area contributed by atoms with E-state index < -0.39 is 5.76 Å². The highest BCUT2D eigenvalue weighted by Crippen LogP contribution is 2.26. The molecule has 0 saturated heterocycles. The van der Waals surface area contributed by atoms with Crippen LogP contribution in [-0.2, 0) is 0 Å². The van der Waals surface area contributed by atoms with Crippen LogP contribution in [0.4, 0.5) is 13.9 Å². The molecule has 0 spiro atoms. The zero-order valence-electron chi connectivity index (χ0n) is 11.5. The van der Waals surface area contributed by atoms with Gasteiger partial charge in [-0.1, -0.05) is 25.6 Å². The predicted molar refractivity (Wildman–Crippen MR) is 82.5 cm³/mol. The highest BCUT2D eigenvalue weighted by Gasteiger charge is 2.11. The van der Waals surface area contributed by atoms with Crippen molar-refractivity contribution in [3.8, 4) is 0 Å². The molecule has 0 aliphatic carbocycles. The van der Waals surface area contributed by atoms with Crippen molar-refractivity contribution in [3.63, 3.8) is 0 Å². The van der Waals surface area contributed by atoms with Gasteiger partial charge in [0.25, 0.3) is 11.7 Å². The number of thioether (sulfide) groups is 1. The lowest BCUT2D eigenvalue weighted by Gasteiger charge is -2.04. The van der Waals surface area contributed by atoms with Crippen LogP contribution in [0.15, 0.2) is 34.5 Å². The van der Waals surface area contributed by atoms with Crippen molar-refractivity contribution in [1.82, 2.24) is 4.98 Å². The van der Waals surface area contributed by atoms with E-state index in [4.69, 9.17) is 0 Å². The van der Waals surface area contributed by atoms with E-state index in [1.807, 2.05) is 19.2 Å². The number of carbonyl (C=O) groups is 1. The Morgan fingerprint density at radius 2 is 1.95 bits per heavy atom. The molecule has 0 aliphatic rings. The summed E-state index contributed by atoms with van der Waals surface area (Å²) in [6.45, 7) is 4.06. The first kappa shape index (κ1) is 15.9. The van der Waals surface area contributed by atoms with Crippen molar-refractivity contribution in [1.29, 1.82) is 0 Å². The molecular weight excluding hydrogens is 314 g/mol. The van der Waals surface area contributed by atoms with E-state index in [9.17, 15) is 13.6 Å². The van der Waals surface area contributed by atoms with Crippen molar-refractivity contribution in [2.24, 2.45) is 0 Å². The summed E-state index contributed by atoms with van der Waals surface area (Å²) >= 11 is 1.82. The number of amides is 1. The van der Waals surface area contributed by atoms with E-state index in [0.717, 1.165) is 5.69 Å². The molecule has 1 heterocycles. The molecule has 0 bridgehead atoms. The number of alkyl halides is 2. The van der Waals surface area contributed by atoms with Gasteiger partial charge in [-0.15, -0.1) is 11.3 Å². The minimum absolute atomic E-state index is 0.298. The van der Waals surface area contributed by atoms with E-state index in [2.05, 4.69) is 10.3 Å². The number of benzene rings is 1. The monoisotopic (exact) mass is 328 g/mol. The van der Waals surface area contributed by atoms with E-state index in [1.54, 1.807) is 0 Å². The fourth-order valence-electron chi connectivity index (χ4n) is 1.57. The topological polar surface area (TPSA) is 42.0 Å². The number of rotatable bonds is 5. The quantitative estimate of drug-likeness (QED) is 0.799. The van der Waals surface area contributed by atoms with Crippen LogP contribution in [-0.4, -0.2) is 16.6 Å². The number of nitrogens with one attached hydrogen (secondary N) is 1. The second-order valence-electron chi connectivity index (χ2n) is 4.59. The number of hydrogen-bond donors (Lipinski definition) is 1. The third kappa shape index (κ3) is 4.50. The van der Waals surface area contributed by atoms with E-state index >= 15 is 0 Å². The lowest BCUT2D eigenvalue weighted by Crippen LogP contribution is -2.11. The maximum Gasteiger partial charge on any atom is 0.288 e. The molecule has 7 heteroatoms. The van der Waals surface area contributed by atoms with Crippen LogP contribution < -0.4 is 5.32 Å². The third-order valence-electron chi connectivity index (χ3n) is 2.68. The number of halogens is 2. The normalized spacial score (nSPS) is 11.1. The average Bonchev–Trinajstić information content (AvgIpc) is 2.87. The summed E-state index contributed by atoms with van der Waals surface area (Å²) < 4.78 is 24.4. The molecule has 1 amide bonds. The summed E-state index contributed by atoms with van der Waals surface area (Å²) in [5.41, 5.74) is 1.34. The maximum absolute atomic E-state index is 12.2. The number of anilines is 1. The maximum atomic E-state index is 12.2. The predicted octanol–water partition coefficient (Wildman–Crippen LogP) is 4.83. The number of nitrogens with zero attached hydrogens (tertiary/aromatic N) is 1. The molecular formula is C14H14F2N2OS2. The Hall–Kier alpha value is -1.47. The van der Waals surface area contributed by atoms with Gasteiger partial charge in [0.05, 0.1) is 5.69 Å². The molecule has 112 valence electrons.